The molecule has 1 aliphatic rings. The molecule has 0 atom stereocenters. The molecule has 1 rings (SSSR count). The molecular weight excluding hydrogens is 128 g/mol. The van der Waals surface area contributed by atoms with Crippen molar-refractivity contribution in [2.75, 3.05) is 0 Å². The third kappa shape index (κ3) is 1.25. The molecular formula is C8H10O2. The van der Waals surface area contributed by atoms with Gasteiger partial charge in [0.25, 0.3) is 0 Å². The Balaban J connectivity index is 2.60. The normalized spacial score (nSPS) is 23.6. The van der Waals surface area contributed by atoms with Crippen molar-refractivity contribution in [1.29, 1.82) is 0 Å². The lowest BCUT2D eigenvalue weighted by atomic mass is 9.77. The van der Waals surface area contributed by atoms with E-state index in [9.17, 15) is 9.59 Å². The first-order valence-corrected chi connectivity index (χ1v) is 3.62. The van der Waals surface area contributed by atoms with Crippen molar-refractivity contribution < 1.29 is 9.59 Å². The first-order valence-electron chi connectivity index (χ1n) is 3.62. The van der Waals surface area contributed by atoms with Crippen molar-refractivity contribution >= 4 is 12.6 Å². The van der Waals surface area contributed by atoms with E-state index >= 15 is 0 Å². The van der Waals surface area contributed by atoms with Gasteiger partial charge in [-0.15, -0.1) is 0 Å². The van der Waals surface area contributed by atoms with Crippen LogP contribution in [-0.4, -0.2) is 12.6 Å². The summed E-state index contributed by atoms with van der Waals surface area (Å²) in [5.74, 6) is 0. The molecule has 1 fully saturated rings. The van der Waals surface area contributed by atoms with Crippen LogP contribution in [0.25, 0.3) is 0 Å². The van der Waals surface area contributed by atoms with E-state index in [1.165, 1.54) is 0 Å². The van der Waals surface area contributed by atoms with Crippen molar-refractivity contribution in [2.45, 2.75) is 32.1 Å². The molecule has 0 bridgehead atoms. The first kappa shape index (κ1) is 7.45. The Morgan fingerprint density at radius 2 is 1.40 bits per heavy atom. The molecule has 0 amide bonds. The smallest absolute Gasteiger partial charge is 0.213 e. The van der Waals surface area contributed by atoms with Gasteiger partial charge >= 0.3 is 0 Å². The van der Waals surface area contributed by atoms with Gasteiger partial charge in [0.05, 0.1) is 0 Å². The largest absolute Gasteiger partial charge is 0.290 e. The predicted molar refractivity (Wildman–Crippen MR) is 36.9 cm³/mol. The Morgan fingerprint density at radius 3 is 1.70 bits per heavy atom. The highest BCUT2D eigenvalue weighted by atomic mass is 16.1. The molecule has 0 aromatic carbocycles. The van der Waals surface area contributed by atoms with E-state index in [0.717, 1.165) is 19.3 Å². The van der Waals surface area contributed by atoms with Crippen LogP contribution in [-0.2, 0) is 9.59 Å². The molecule has 1 aliphatic carbocycles. The molecule has 0 saturated heterocycles. The van der Waals surface area contributed by atoms with Gasteiger partial charge in [-0.25, -0.2) is 0 Å². The van der Waals surface area contributed by atoms with Crippen LogP contribution in [0.15, 0.2) is 0 Å². The summed E-state index contributed by atoms with van der Waals surface area (Å²) in [6.07, 6.45) is 7.95. The Morgan fingerprint density at radius 1 is 0.900 bits per heavy atom. The molecule has 0 heterocycles. The molecule has 0 aromatic heterocycles. The van der Waals surface area contributed by atoms with Gasteiger partial charge in [-0.05, 0) is 12.8 Å². The van der Waals surface area contributed by atoms with E-state index in [1.54, 1.807) is 12.6 Å². The number of rotatable bonds is 2. The van der Waals surface area contributed by atoms with Gasteiger partial charge in [-0.1, -0.05) is 19.3 Å². The average Bonchev–Trinajstić information content (AvgIpc) is 2.06. The summed E-state index contributed by atoms with van der Waals surface area (Å²) in [6.45, 7) is 0. The van der Waals surface area contributed by atoms with Gasteiger partial charge in [0.15, 0.2) is 0 Å². The lowest BCUT2D eigenvalue weighted by Crippen LogP contribution is -2.26. The van der Waals surface area contributed by atoms with Crippen LogP contribution >= 0.6 is 0 Å². The van der Waals surface area contributed by atoms with Crippen molar-refractivity contribution in [3.8, 4) is 0 Å². The Bertz CT molecular complexity index is 124. The van der Waals surface area contributed by atoms with Gasteiger partial charge in [-0.2, -0.15) is 0 Å². The van der Waals surface area contributed by atoms with Gasteiger partial charge in [0.2, 0.25) is 12.6 Å². The van der Waals surface area contributed by atoms with E-state index in [2.05, 4.69) is 0 Å². The Hall–Kier alpha value is -0.660. The van der Waals surface area contributed by atoms with Crippen LogP contribution in [0.4, 0.5) is 0 Å². The Labute approximate surface area is 60.6 Å². The SMILES string of the molecule is O=[C]C1([C]=O)CCCCC1. The number of hydrogen-bond acceptors (Lipinski definition) is 2. The van der Waals surface area contributed by atoms with Crippen molar-refractivity contribution in [3.05, 3.63) is 0 Å². The minimum absolute atomic E-state index is 0.653. The van der Waals surface area contributed by atoms with E-state index in [4.69, 9.17) is 0 Å². The number of hydrogen-bond donors (Lipinski definition) is 0. The second kappa shape index (κ2) is 2.95. The van der Waals surface area contributed by atoms with Crippen LogP contribution in [0.3, 0.4) is 0 Å². The molecule has 0 unspecified atom stereocenters. The maximum atomic E-state index is 10.3. The fourth-order valence-electron chi connectivity index (χ4n) is 1.38. The zero-order valence-corrected chi connectivity index (χ0v) is 5.85. The van der Waals surface area contributed by atoms with Crippen molar-refractivity contribution in [1.82, 2.24) is 0 Å². The summed E-state index contributed by atoms with van der Waals surface area (Å²) >= 11 is 0. The molecule has 1 saturated carbocycles. The second-order valence-corrected chi connectivity index (χ2v) is 2.85. The molecule has 0 aliphatic heterocycles. The topological polar surface area (TPSA) is 34.1 Å². The van der Waals surface area contributed by atoms with Gasteiger partial charge in [0.1, 0.15) is 5.41 Å². The summed E-state index contributed by atoms with van der Waals surface area (Å²) < 4.78 is 0. The van der Waals surface area contributed by atoms with E-state index in [0.29, 0.717) is 12.8 Å². The maximum Gasteiger partial charge on any atom is 0.213 e. The monoisotopic (exact) mass is 138 g/mol. The lowest BCUT2D eigenvalue weighted by Gasteiger charge is -2.23. The quantitative estimate of drug-likeness (QED) is 0.536. The highest BCUT2D eigenvalue weighted by molar-refractivity contribution is 5.84. The minimum Gasteiger partial charge on any atom is -0.290 e. The highest BCUT2D eigenvalue weighted by Crippen LogP contribution is 2.31. The average molecular weight is 138 g/mol. The van der Waals surface area contributed by atoms with Crippen LogP contribution < -0.4 is 0 Å². The van der Waals surface area contributed by atoms with Crippen LogP contribution in [0.1, 0.15) is 32.1 Å². The summed E-state index contributed by atoms with van der Waals surface area (Å²) in [4.78, 5) is 20.7. The predicted octanol–water partition coefficient (Wildman–Crippen LogP) is 1.16. The summed E-state index contributed by atoms with van der Waals surface area (Å²) in [5, 5.41) is 0. The standard InChI is InChI=1S/C8H10O2/c9-6-8(7-10)4-2-1-3-5-8/h1-5H2. The molecule has 54 valence electrons. The van der Waals surface area contributed by atoms with Crippen LogP contribution in [0.2, 0.25) is 0 Å². The molecule has 2 heteroatoms. The fourth-order valence-corrected chi connectivity index (χ4v) is 1.38. The van der Waals surface area contributed by atoms with Crippen molar-refractivity contribution in [2.24, 2.45) is 5.41 Å². The summed E-state index contributed by atoms with van der Waals surface area (Å²) in [7, 11) is 0. The summed E-state index contributed by atoms with van der Waals surface area (Å²) in [6, 6.07) is 0. The Kier molecular flexibility index (Phi) is 2.20. The van der Waals surface area contributed by atoms with Gasteiger partial charge in [-0.3, -0.25) is 9.59 Å². The molecule has 0 spiro atoms. The van der Waals surface area contributed by atoms with Crippen molar-refractivity contribution in [3.63, 3.8) is 0 Å². The highest BCUT2D eigenvalue weighted by Gasteiger charge is 2.33. The van der Waals surface area contributed by atoms with Gasteiger partial charge in [0, 0.05) is 0 Å². The fraction of sp³-hybridized carbons (Fsp3) is 0.750. The summed E-state index contributed by atoms with van der Waals surface area (Å²) in [5.41, 5.74) is -0.849. The van der Waals surface area contributed by atoms with E-state index in [1.807, 2.05) is 0 Å². The minimum atomic E-state index is -0.849. The van der Waals surface area contributed by atoms with Gasteiger partial charge < -0.3 is 0 Å². The maximum absolute atomic E-state index is 10.3. The van der Waals surface area contributed by atoms with Crippen LogP contribution in [0.5, 0.6) is 0 Å². The van der Waals surface area contributed by atoms with E-state index in [-0.39, 0.29) is 0 Å². The third-order valence-electron chi connectivity index (χ3n) is 2.10. The zero-order chi connectivity index (χ0) is 7.45. The first-order chi connectivity index (χ1) is 4.83. The molecule has 0 aromatic rings. The zero-order valence-electron chi connectivity index (χ0n) is 5.85. The third-order valence-corrected chi connectivity index (χ3v) is 2.10. The molecule has 0 N–H and O–H groups in total. The van der Waals surface area contributed by atoms with E-state index < -0.39 is 5.41 Å². The second-order valence-electron chi connectivity index (χ2n) is 2.85. The molecule has 10 heavy (non-hydrogen) atoms. The lowest BCUT2D eigenvalue weighted by molar-refractivity contribution is 0.340. The molecule has 2 nitrogen and oxygen atoms in total. The number of carbonyl (C=O) groups excluding carboxylic acids is 2. The molecule has 2 radical (unpaired) electrons. The van der Waals surface area contributed by atoms with Crippen LogP contribution in [0, 0.1) is 5.41 Å².